The standard InChI is InChI=1S/C14H17FN2O/c1-3-17(9-11(2)8-16)10-14(18)12-5-4-6-13(15)7-12/h4-7,11H,3,9-10H2,1-2H3. The third-order valence-electron chi connectivity index (χ3n) is 2.71. The first-order valence-corrected chi connectivity index (χ1v) is 5.97. The van der Waals surface area contributed by atoms with Gasteiger partial charge in [-0.05, 0) is 25.6 Å². The van der Waals surface area contributed by atoms with E-state index in [1.165, 1.54) is 18.2 Å². The molecule has 0 spiro atoms. The third-order valence-corrected chi connectivity index (χ3v) is 2.71. The molecule has 0 saturated carbocycles. The number of Topliss-reactive ketones (excluding diaryl/α,β-unsaturated/α-hetero) is 1. The number of nitrogens with zero attached hydrogens (tertiary/aromatic N) is 2. The minimum Gasteiger partial charge on any atom is -0.295 e. The minimum absolute atomic E-state index is 0.120. The van der Waals surface area contributed by atoms with Crippen molar-refractivity contribution in [3.05, 3.63) is 35.6 Å². The molecule has 0 aliphatic rings. The summed E-state index contributed by atoms with van der Waals surface area (Å²) in [4.78, 5) is 13.8. The molecular weight excluding hydrogens is 231 g/mol. The van der Waals surface area contributed by atoms with E-state index in [1.807, 2.05) is 18.7 Å². The minimum atomic E-state index is -0.408. The molecule has 0 N–H and O–H groups in total. The lowest BCUT2D eigenvalue weighted by Gasteiger charge is -2.20. The Kier molecular flexibility index (Phi) is 5.47. The molecule has 1 aromatic carbocycles. The summed E-state index contributed by atoms with van der Waals surface area (Å²) in [6.45, 7) is 5.20. The van der Waals surface area contributed by atoms with E-state index in [9.17, 15) is 9.18 Å². The van der Waals surface area contributed by atoms with E-state index in [4.69, 9.17) is 5.26 Å². The summed E-state index contributed by atoms with van der Waals surface area (Å²) in [5.74, 6) is -0.652. The Labute approximate surface area is 107 Å². The molecule has 1 rings (SSSR count). The van der Waals surface area contributed by atoms with Crippen LogP contribution in [0.2, 0.25) is 0 Å². The summed E-state index contributed by atoms with van der Waals surface area (Å²) in [5.41, 5.74) is 0.373. The predicted octanol–water partition coefficient (Wildman–Crippen LogP) is 2.49. The number of hydrogen-bond acceptors (Lipinski definition) is 3. The van der Waals surface area contributed by atoms with Crippen LogP contribution in [0.5, 0.6) is 0 Å². The van der Waals surface area contributed by atoms with Crippen molar-refractivity contribution in [1.82, 2.24) is 4.90 Å². The van der Waals surface area contributed by atoms with Gasteiger partial charge in [-0.1, -0.05) is 19.1 Å². The van der Waals surface area contributed by atoms with Gasteiger partial charge in [0.15, 0.2) is 5.78 Å². The summed E-state index contributed by atoms with van der Waals surface area (Å²) >= 11 is 0. The van der Waals surface area contributed by atoms with Crippen LogP contribution in [0.25, 0.3) is 0 Å². The Hall–Kier alpha value is -1.73. The summed E-state index contributed by atoms with van der Waals surface area (Å²) in [5, 5.41) is 8.76. The fraction of sp³-hybridized carbons (Fsp3) is 0.429. The summed E-state index contributed by atoms with van der Waals surface area (Å²) in [6, 6.07) is 7.82. The van der Waals surface area contributed by atoms with Crippen LogP contribution >= 0.6 is 0 Å². The highest BCUT2D eigenvalue weighted by molar-refractivity contribution is 5.97. The maximum atomic E-state index is 13.0. The molecule has 0 fully saturated rings. The van der Waals surface area contributed by atoms with Crippen molar-refractivity contribution in [2.75, 3.05) is 19.6 Å². The van der Waals surface area contributed by atoms with E-state index < -0.39 is 5.82 Å². The highest BCUT2D eigenvalue weighted by Gasteiger charge is 2.14. The second kappa shape index (κ2) is 6.87. The third kappa shape index (κ3) is 4.27. The number of nitriles is 1. The lowest BCUT2D eigenvalue weighted by Crippen LogP contribution is -2.33. The fourth-order valence-electron chi connectivity index (χ4n) is 1.69. The predicted molar refractivity (Wildman–Crippen MR) is 67.6 cm³/mol. The zero-order valence-electron chi connectivity index (χ0n) is 10.7. The number of carbonyl (C=O) groups is 1. The maximum absolute atomic E-state index is 13.0. The van der Waals surface area contributed by atoms with Crippen LogP contribution in [0.15, 0.2) is 24.3 Å². The van der Waals surface area contributed by atoms with Gasteiger partial charge in [-0.25, -0.2) is 4.39 Å². The molecule has 0 aliphatic carbocycles. The zero-order valence-corrected chi connectivity index (χ0v) is 10.7. The zero-order chi connectivity index (χ0) is 13.5. The molecule has 1 unspecified atom stereocenters. The van der Waals surface area contributed by atoms with Crippen LogP contribution < -0.4 is 0 Å². The van der Waals surface area contributed by atoms with Gasteiger partial charge in [0.2, 0.25) is 0 Å². The Morgan fingerprint density at radius 2 is 2.28 bits per heavy atom. The van der Waals surface area contributed by atoms with Crippen LogP contribution in [0.4, 0.5) is 4.39 Å². The van der Waals surface area contributed by atoms with Gasteiger partial charge in [-0.2, -0.15) is 5.26 Å². The van der Waals surface area contributed by atoms with Gasteiger partial charge in [0, 0.05) is 12.1 Å². The van der Waals surface area contributed by atoms with E-state index >= 15 is 0 Å². The normalized spacial score (nSPS) is 12.2. The lowest BCUT2D eigenvalue weighted by molar-refractivity contribution is 0.0929. The van der Waals surface area contributed by atoms with Gasteiger partial charge in [0.05, 0.1) is 18.5 Å². The topological polar surface area (TPSA) is 44.1 Å². The van der Waals surface area contributed by atoms with Gasteiger partial charge in [0.25, 0.3) is 0 Å². The number of rotatable bonds is 6. The van der Waals surface area contributed by atoms with Crippen LogP contribution in [0.1, 0.15) is 24.2 Å². The van der Waals surface area contributed by atoms with Crippen molar-refractivity contribution in [2.24, 2.45) is 5.92 Å². The van der Waals surface area contributed by atoms with Crippen molar-refractivity contribution >= 4 is 5.78 Å². The first-order valence-electron chi connectivity index (χ1n) is 5.97. The second-order valence-electron chi connectivity index (χ2n) is 4.29. The van der Waals surface area contributed by atoms with E-state index in [2.05, 4.69) is 6.07 Å². The van der Waals surface area contributed by atoms with Crippen molar-refractivity contribution in [1.29, 1.82) is 5.26 Å². The summed E-state index contributed by atoms with van der Waals surface area (Å²) in [6.07, 6.45) is 0. The Bertz CT molecular complexity index is 453. The average Bonchev–Trinajstić information content (AvgIpc) is 2.37. The number of carbonyl (C=O) groups excluding carboxylic acids is 1. The number of ketones is 1. The molecule has 0 radical (unpaired) electrons. The van der Waals surface area contributed by atoms with Crippen LogP contribution in [0.3, 0.4) is 0 Å². The molecule has 0 aromatic heterocycles. The Balaban J connectivity index is 2.65. The monoisotopic (exact) mass is 248 g/mol. The molecule has 1 atom stereocenters. The maximum Gasteiger partial charge on any atom is 0.176 e. The molecular formula is C14H17FN2O. The average molecular weight is 248 g/mol. The number of benzene rings is 1. The first kappa shape index (κ1) is 14.3. The smallest absolute Gasteiger partial charge is 0.176 e. The molecule has 0 aliphatic heterocycles. The molecule has 3 nitrogen and oxygen atoms in total. The van der Waals surface area contributed by atoms with E-state index in [0.29, 0.717) is 18.7 Å². The van der Waals surface area contributed by atoms with Crippen molar-refractivity contribution in [3.63, 3.8) is 0 Å². The summed E-state index contributed by atoms with van der Waals surface area (Å²) < 4.78 is 13.0. The van der Waals surface area contributed by atoms with E-state index in [1.54, 1.807) is 6.07 Å². The van der Waals surface area contributed by atoms with Gasteiger partial charge in [-0.15, -0.1) is 0 Å². The quantitative estimate of drug-likeness (QED) is 0.726. The largest absolute Gasteiger partial charge is 0.295 e. The molecule has 0 saturated heterocycles. The Morgan fingerprint density at radius 3 is 2.83 bits per heavy atom. The van der Waals surface area contributed by atoms with Crippen LogP contribution in [-0.4, -0.2) is 30.3 Å². The SMILES string of the molecule is CCN(CC(=O)c1cccc(F)c1)CC(C)C#N. The molecule has 0 amide bonds. The van der Waals surface area contributed by atoms with Crippen LogP contribution in [-0.2, 0) is 0 Å². The van der Waals surface area contributed by atoms with Crippen molar-refractivity contribution in [2.45, 2.75) is 13.8 Å². The van der Waals surface area contributed by atoms with Gasteiger partial charge < -0.3 is 0 Å². The molecule has 18 heavy (non-hydrogen) atoms. The number of likely N-dealkylation sites (N-methyl/N-ethyl adjacent to an activating group) is 1. The highest BCUT2D eigenvalue weighted by atomic mass is 19.1. The Morgan fingerprint density at radius 1 is 1.56 bits per heavy atom. The molecule has 4 heteroatoms. The molecule has 96 valence electrons. The van der Waals surface area contributed by atoms with Gasteiger partial charge in [-0.3, -0.25) is 9.69 Å². The fourth-order valence-corrected chi connectivity index (χ4v) is 1.69. The number of hydrogen-bond donors (Lipinski definition) is 0. The highest BCUT2D eigenvalue weighted by Crippen LogP contribution is 2.07. The van der Waals surface area contributed by atoms with Gasteiger partial charge in [0.1, 0.15) is 5.82 Å². The first-order chi connectivity index (χ1) is 8.56. The number of halogens is 1. The molecule has 0 bridgehead atoms. The molecule has 0 heterocycles. The van der Waals surface area contributed by atoms with Crippen LogP contribution in [0, 0.1) is 23.1 Å². The lowest BCUT2D eigenvalue weighted by atomic mass is 10.1. The van der Waals surface area contributed by atoms with Crippen molar-refractivity contribution in [3.8, 4) is 6.07 Å². The van der Waals surface area contributed by atoms with Gasteiger partial charge >= 0.3 is 0 Å². The van der Waals surface area contributed by atoms with E-state index in [0.717, 1.165) is 0 Å². The van der Waals surface area contributed by atoms with Crippen molar-refractivity contribution < 1.29 is 9.18 Å². The second-order valence-corrected chi connectivity index (χ2v) is 4.29. The molecule has 1 aromatic rings. The summed E-state index contributed by atoms with van der Waals surface area (Å²) in [7, 11) is 0. The van der Waals surface area contributed by atoms with E-state index in [-0.39, 0.29) is 18.2 Å².